The zero-order valence-corrected chi connectivity index (χ0v) is 13.0. The minimum absolute atomic E-state index is 0.579. The Bertz CT molecular complexity index is 112. The topological polar surface area (TPSA) is 9.23 Å². The first-order chi connectivity index (χ1) is 7.85. The maximum absolute atomic E-state index is 5.99. The molecule has 1 nitrogen and oxygen atoms in total. The summed E-state index contributed by atoms with van der Waals surface area (Å²) in [5.41, 5.74) is 0. The Balaban J connectivity index is 3.58. The fourth-order valence-electron chi connectivity index (χ4n) is 1.46. The van der Waals surface area contributed by atoms with Crippen LogP contribution >= 0.6 is 23.2 Å². The lowest BCUT2D eigenvalue weighted by atomic mass is 10.4. The monoisotopic (exact) mass is 283 g/mol. The fourth-order valence-corrected chi connectivity index (χ4v) is 4.10. The molecule has 0 N–H and O–H groups in total. The third-order valence-electron chi connectivity index (χ3n) is 2.48. The third-order valence-corrected chi connectivity index (χ3v) is 5.45. The molecule has 0 aliphatic heterocycles. The highest BCUT2D eigenvalue weighted by atomic mass is 35.5. The zero-order valence-electron chi connectivity index (χ0n) is 10.4. The van der Waals surface area contributed by atoms with Crippen molar-refractivity contribution in [1.82, 2.24) is 0 Å². The Morgan fingerprint density at radius 2 is 1.44 bits per heavy atom. The van der Waals surface area contributed by atoms with Gasteiger partial charge in [0.05, 0.1) is 0 Å². The summed E-state index contributed by atoms with van der Waals surface area (Å²) < 4.78 is 5.99. The van der Waals surface area contributed by atoms with E-state index in [1.165, 1.54) is 37.8 Å². The molecule has 0 rings (SSSR count). The van der Waals surface area contributed by atoms with Gasteiger partial charge in [-0.15, -0.1) is 23.2 Å². The third kappa shape index (κ3) is 11.2. The molecular weight excluding hydrogens is 259 g/mol. The number of rotatable bonds is 12. The highest BCUT2D eigenvalue weighted by Gasteiger charge is 2.12. The van der Waals surface area contributed by atoms with E-state index in [4.69, 9.17) is 27.6 Å². The summed E-state index contributed by atoms with van der Waals surface area (Å²) in [5.74, 6) is 1.57. The highest BCUT2D eigenvalue weighted by Crippen LogP contribution is 2.12. The predicted octanol–water partition coefficient (Wildman–Crippen LogP) is 4.83. The van der Waals surface area contributed by atoms with Crippen LogP contribution in [0.5, 0.6) is 0 Å². The Morgan fingerprint density at radius 3 is 1.88 bits per heavy atom. The maximum atomic E-state index is 5.99. The molecule has 0 unspecified atom stereocenters. The first-order valence-electron chi connectivity index (χ1n) is 6.44. The van der Waals surface area contributed by atoms with Gasteiger partial charge in [-0.2, -0.15) is 0 Å². The molecule has 0 spiro atoms. The van der Waals surface area contributed by atoms with E-state index in [1.807, 2.05) is 0 Å². The van der Waals surface area contributed by atoms with Crippen LogP contribution in [0.1, 0.15) is 45.4 Å². The van der Waals surface area contributed by atoms with Crippen LogP contribution in [0.4, 0.5) is 0 Å². The van der Waals surface area contributed by atoms with Crippen molar-refractivity contribution in [2.24, 2.45) is 0 Å². The maximum Gasteiger partial charge on any atom is 0.211 e. The quantitative estimate of drug-likeness (QED) is 0.283. The first-order valence-corrected chi connectivity index (χ1v) is 9.33. The summed E-state index contributed by atoms with van der Waals surface area (Å²) in [6.07, 6.45) is 7.12. The van der Waals surface area contributed by atoms with Gasteiger partial charge in [0.15, 0.2) is 0 Å². The SMILES string of the molecule is CCCCO[Si](CCCCCl)CCCCCl. The van der Waals surface area contributed by atoms with E-state index in [0.29, 0.717) is 0 Å². The molecule has 16 heavy (non-hydrogen) atoms. The van der Waals surface area contributed by atoms with Gasteiger partial charge < -0.3 is 4.43 Å². The normalized spacial score (nSPS) is 11.2. The van der Waals surface area contributed by atoms with E-state index in [2.05, 4.69) is 6.92 Å². The second-order valence-corrected chi connectivity index (χ2v) is 7.15. The average molecular weight is 284 g/mol. The minimum atomic E-state index is -0.579. The average Bonchev–Trinajstić information content (AvgIpc) is 2.29. The second kappa shape index (κ2) is 13.8. The lowest BCUT2D eigenvalue weighted by Gasteiger charge is -2.14. The molecule has 0 aliphatic carbocycles. The number of unbranched alkanes of at least 4 members (excludes halogenated alkanes) is 3. The van der Waals surface area contributed by atoms with Gasteiger partial charge in [0.1, 0.15) is 0 Å². The summed E-state index contributed by atoms with van der Waals surface area (Å²) in [6, 6.07) is 2.51. The number of hydrogen-bond acceptors (Lipinski definition) is 1. The molecule has 0 aromatic heterocycles. The molecule has 0 aliphatic rings. The summed E-state index contributed by atoms with van der Waals surface area (Å²) in [5, 5.41) is 0. The molecule has 0 aromatic rings. The summed E-state index contributed by atoms with van der Waals surface area (Å²) in [7, 11) is -0.579. The van der Waals surface area contributed by atoms with Crippen LogP contribution in [0.3, 0.4) is 0 Å². The highest BCUT2D eigenvalue weighted by molar-refractivity contribution is 6.51. The molecule has 0 heterocycles. The van der Waals surface area contributed by atoms with Crippen molar-refractivity contribution in [2.75, 3.05) is 18.4 Å². The Morgan fingerprint density at radius 1 is 0.875 bits per heavy atom. The summed E-state index contributed by atoms with van der Waals surface area (Å²) >= 11 is 11.4. The minimum Gasteiger partial charge on any atom is -0.417 e. The number of halogens is 2. The van der Waals surface area contributed by atoms with Crippen LogP contribution in [-0.4, -0.2) is 27.4 Å². The van der Waals surface area contributed by atoms with Crippen LogP contribution < -0.4 is 0 Å². The molecule has 1 radical (unpaired) electrons. The zero-order chi connectivity index (χ0) is 12.1. The van der Waals surface area contributed by atoms with Gasteiger partial charge >= 0.3 is 0 Å². The van der Waals surface area contributed by atoms with E-state index >= 15 is 0 Å². The molecule has 0 saturated carbocycles. The van der Waals surface area contributed by atoms with Crippen LogP contribution in [0.25, 0.3) is 0 Å². The molecular formula is C12H25Cl2OSi. The van der Waals surface area contributed by atoms with Crippen molar-refractivity contribution in [3.63, 3.8) is 0 Å². The number of alkyl halides is 2. The van der Waals surface area contributed by atoms with Crippen LogP contribution in [-0.2, 0) is 4.43 Å². The first kappa shape index (κ1) is 16.8. The second-order valence-electron chi connectivity index (χ2n) is 4.03. The van der Waals surface area contributed by atoms with Crippen molar-refractivity contribution in [1.29, 1.82) is 0 Å². The Hall–Kier alpha value is 0.757. The largest absolute Gasteiger partial charge is 0.417 e. The van der Waals surface area contributed by atoms with Gasteiger partial charge in [0, 0.05) is 18.4 Å². The van der Waals surface area contributed by atoms with Gasteiger partial charge in [0.2, 0.25) is 9.04 Å². The van der Waals surface area contributed by atoms with Crippen LogP contribution in [0.2, 0.25) is 12.1 Å². The van der Waals surface area contributed by atoms with E-state index in [-0.39, 0.29) is 0 Å². The van der Waals surface area contributed by atoms with Crippen molar-refractivity contribution in [3.05, 3.63) is 0 Å². The van der Waals surface area contributed by atoms with Gasteiger partial charge in [-0.25, -0.2) is 0 Å². The smallest absolute Gasteiger partial charge is 0.211 e. The van der Waals surface area contributed by atoms with Crippen molar-refractivity contribution < 1.29 is 4.43 Å². The number of hydrogen-bond donors (Lipinski definition) is 0. The standard InChI is InChI=1S/C12H25Cl2OSi/c1-2-3-10-15-16(11-6-4-8-13)12-7-5-9-14/h2-12H2,1H3. The lowest BCUT2D eigenvalue weighted by Crippen LogP contribution is -2.18. The van der Waals surface area contributed by atoms with Crippen LogP contribution in [0.15, 0.2) is 0 Å². The van der Waals surface area contributed by atoms with E-state index in [9.17, 15) is 0 Å². The van der Waals surface area contributed by atoms with Crippen molar-refractivity contribution in [2.45, 2.75) is 57.5 Å². The molecule has 0 aromatic carbocycles. The fraction of sp³-hybridized carbons (Fsp3) is 1.00. The van der Waals surface area contributed by atoms with Crippen molar-refractivity contribution >= 4 is 32.2 Å². The van der Waals surface area contributed by atoms with Gasteiger partial charge in [-0.05, 0) is 31.4 Å². The Labute approximate surface area is 113 Å². The molecule has 0 fully saturated rings. The molecule has 0 bridgehead atoms. The summed E-state index contributed by atoms with van der Waals surface area (Å²) in [4.78, 5) is 0. The van der Waals surface area contributed by atoms with Gasteiger partial charge in [0.25, 0.3) is 0 Å². The van der Waals surface area contributed by atoms with Crippen molar-refractivity contribution in [3.8, 4) is 0 Å². The summed E-state index contributed by atoms with van der Waals surface area (Å²) in [6.45, 7) is 3.16. The molecule has 0 amide bonds. The molecule has 0 atom stereocenters. The molecule has 97 valence electrons. The van der Waals surface area contributed by atoms with Gasteiger partial charge in [-0.3, -0.25) is 0 Å². The Kier molecular flexibility index (Phi) is 14.5. The van der Waals surface area contributed by atoms with Crippen LogP contribution in [0, 0.1) is 0 Å². The van der Waals surface area contributed by atoms with E-state index in [1.54, 1.807) is 0 Å². The molecule has 0 saturated heterocycles. The predicted molar refractivity (Wildman–Crippen MR) is 76.1 cm³/mol. The molecule has 4 heteroatoms. The lowest BCUT2D eigenvalue weighted by molar-refractivity contribution is 0.308. The van der Waals surface area contributed by atoms with Gasteiger partial charge in [-0.1, -0.05) is 26.2 Å². The van der Waals surface area contributed by atoms with E-state index < -0.39 is 9.04 Å². The van der Waals surface area contributed by atoms with E-state index in [0.717, 1.165) is 31.2 Å².